The second-order valence-electron chi connectivity index (χ2n) is 4.73. The lowest BCUT2D eigenvalue weighted by Crippen LogP contribution is -2.05. The molecular weight excluding hydrogens is 300 g/mol. The zero-order valence-electron chi connectivity index (χ0n) is 11.5. The minimum Gasteiger partial charge on any atom is -0.444 e. The molecule has 3 rings (SSSR count). The van der Waals surface area contributed by atoms with Crippen LogP contribution in [0.2, 0.25) is 0 Å². The standard InChI is InChI=1S/C14H12ClF2N3O/c1-7-8(2)21-12(18-7)6-20-11(5-15)19-10-4-3-9(16)13(17)14(10)20/h3-4H,5-6H2,1-2H3. The van der Waals surface area contributed by atoms with Gasteiger partial charge in [-0.2, -0.15) is 0 Å². The van der Waals surface area contributed by atoms with Crippen LogP contribution in [0.15, 0.2) is 16.5 Å². The van der Waals surface area contributed by atoms with E-state index in [1.54, 1.807) is 6.92 Å². The van der Waals surface area contributed by atoms with E-state index in [4.69, 9.17) is 16.0 Å². The summed E-state index contributed by atoms with van der Waals surface area (Å²) >= 11 is 5.85. The molecule has 2 aromatic heterocycles. The number of halogens is 3. The highest BCUT2D eigenvalue weighted by molar-refractivity contribution is 6.16. The molecule has 3 aromatic rings. The molecule has 0 amide bonds. The fourth-order valence-electron chi connectivity index (χ4n) is 2.22. The van der Waals surface area contributed by atoms with Crippen molar-refractivity contribution in [1.82, 2.24) is 14.5 Å². The molecular formula is C14H12ClF2N3O. The van der Waals surface area contributed by atoms with Gasteiger partial charge in [-0.3, -0.25) is 0 Å². The van der Waals surface area contributed by atoms with Crippen LogP contribution in [0.5, 0.6) is 0 Å². The van der Waals surface area contributed by atoms with Crippen LogP contribution in [0.4, 0.5) is 8.78 Å². The van der Waals surface area contributed by atoms with Crippen LogP contribution in [0.1, 0.15) is 23.2 Å². The third-order valence-corrected chi connectivity index (χ3v) is 3.60. The van der Waals surface area contributed by atoms with Crippen molar-refractivity contribution in [2.24, 2.45) is 0 Å². The number of benzene rings is 1. The first kappa shape index (κ1) is 14.0. The number of imidazole rings is 1. The van der Waals surface area contributed by atoms with Crippen molar-refractivity contribution in [3.8, 4) is 0 Å². The van der Waals surface area contributed by atoms with E-state index in [1.165, 1.54) is 10.6 Å². The Balaban J connectivity index is 2.17. The molecule has 0 radical (unpaired) electrons. The summed E-state index contributed by atoms with van der Waals surface area (Å²) in [7, 11) is 0. The van der Waals surface area contributed by atoms with Gasteiger partial charge in [0.15, 0.2) is 11.6 Å². The van der Waals surface area contributed by atoms with E-state index in [0.717, 1.165) is 11.8 Å². The number of hydrogen-bond donors (Lipinski definition) is 0. The first-order valence-corrected chi connectivity index (χ1v) is 6.86. The van der Waals surface area contributed by atoms with Crippen LogP contribution in [-0.2, 0) is 12.4 Å². The Morgan fingerprint density at radius 2 is 2.00 bits per heavy atom. The molecule has 0 N–H and O–H groups in total. The molecule has 0 saturated carbocycles. The van der Waals surface area contributed by atoms with Crippen LogP contribution in [-0.4, -0.2) is 14.5 Å². The molecule has 0 atom stereocenters. The zero-order chi connectivity index (χ0) is 15.1. The Morgan fingerprint density at radius 3 is 2.62 bits per heavy atom. The molecule has 2 heterocycles. The highest BCUT2D eigenvalue weighted by Crippen LogP contribution is 2.24. The van der Waals surface area contributed by atoms with Crippen LogP contribution < -0.4 is 0 Å². The second kappa shape index (κ2) is 5.11. The van der Waals surface area contributed by atoms with Crippen LogP contribution >= 0.6 is 11.6 Å². The van der Waals surface area contributed by atoms with E-state index < -0.39 is 11.6 Å². The fourth-order valence-corrected chi connectivity index (χ4v) is 2.42. The first-order chi connectivity index (χ1) is 10.0. The number of aryl methyl sites for hydroxylation is 2. The molecule has 7 heteroatoms. The molecule has 0 fully saturated rings. The van der Waals surface area contributed by atoms with Crippen molar-refractivity contribution in [1.29, 1.82) is 0 Å². The summed E-state index contributed by atoms with van der Waals surface area (Å²) in [6, 6.07) is 2.47. The fraction of sp³-hybridized carbons (Fsp3) is 0.286. The quantitative estimate of drug-likeness (QED) is 0.693. The van der Waals surface area contributed by atoms with Crippen molar-refractivity contribution in [3.05, 3.63) is 46.9 Å². The SMILES string of the molecule is Cc1nc(Cn2c(CCl)nc3ccc(F)c(F)c32)oc1C. The van der Waals surface area contributed by atoms with E-state index in [2.05, 4.69) is 9.97 Å². The van der Waals surface area contributed by atoms with Crippen molar-refractivity contribution in [2.75, 3.05) is 0 Å². The zero-order valence-corrected chi connectivity index (χ0v) is 12.2. The molecule has 0 bridgehead atoms. The normalized spacial score (nSPS) is 11.5. The summed E-state index contributed by atoms with van der Waals surface area (Å²) in [5, 5.41) is 0. The monoisotopic (exact) mass is 311 g/mol. The second-order valence-corrected chi connectivity index (χ2v) is 4.99. The predicted octanol–water partition coefficient (Wildman–Crippen LogP) is 3.71. The first-order valence-electron chi connectivity index (χ1n) is 6.33. The van der Waals surface area contributed by atoms with Crippen molar-refractivity contribution in [2.45, 2.75) is 26.3 Å². The highest BCUT2D eigenvalue weighted by Gasteiger charge is 2.19. The van der Waals surface area contributed by atoms with Gasteiger partial charge in [-0.15, -0.1) is 11.6 Å². The Bertz CT molecular complexity index is 806. The Labute approximate surface area is 124 Å². The van der Waals surface area contributed by atoms with Crippen molar-refractivity contribution < 1.29 is 13.2 Å². The van der Waals surface area contributed by atoms with Crippen molar-refractivity contribution >= 4 is 22.6 Å². The van der Waals surface area contributed by atoms with E-state index in [0.29, 0.717) is 23.0 Å². The van der Waals surface area contributed by atoms with Crippen molar-refractivity contribution in [3.63, 3.8) is 0 Å². The van der Waals surface area contributed by atoms with Gasteiger partial charge in [0.05, 0.1) is 17.1 Å². The molecule has 1 aromatic carbocycles. The van der Waals surface area contributed by atoms with E-state index in [-0.39, 0.29) is 17.9 Å². The summed E-state index contributed by atoms with van der Waals surface area (Å²) in [6.45, 7) is 3.76. The maximum absolute atomic E-state index is 14.1. The summed E-state index contributed by atoms with van der Waals surface area (Å²) < 4.78 is 34.5. The number of rotatable bonds is 3. The number of hydrogen-bond acceptors (Lipinski definition) is 3. The molecule has 0 aliphatic carbocycles. The topological polar surface area (TPSA) is 43.9 Å². The number of alkyl halides is 1. The molecule has 0 spiro atoms. The third-order valence-electron chi connectivity index (χ3n) is 3.36. The summed E-state index contributed by atoms with van der Waals surface area (Å²) in [6.07, 6.45) is 0. The number of aromatic nitrogens is 3. The highest BCUT2D eigenvalue weighted by atomic mass is 35.5. The molecule has 0 aliphatic rings. The molecule has 110 valence electrons. The lowest BCUT2D eigenvalue weighted by atomic mass is 10.3. The number of oxazole rings is 1. The van der Waals surface area contributed by atoms with Crippen LogP contribution in [0.25, 0.3) is 11.0 Å². The van der Waals surface area contributed by atoms with Gasteiger partial charge in [0.1, 0.15) is 23.6 Å². The molecule has 0 unspecified atom stereocenters. The molecule has 0 saturated heterocycles. The average Bonchev–Trinajstić information content (AvgIpc) is 2.96. The third kappa shape index (κ3) is 2.29. The van der Waals surface area contributed by atoms with Gasteiger partial charge in [-0.1, -0.05) is 0 Å². The van der Waals surface area contributed by atoms with Gasteiger partial charge in [0.2, 0.25) is 5.89 Å². The smallest absolute Gasteiger partial charge is 0.214 e. The lowest BCUT2D eigenvalue weighted by molar-refractivity contribution is 0.454. The maximum Gasteiger partial charge on any atom is 0.214 e. The summed E-state index contributed by atoms with van der Waals surface area (Å²) in [5.74, 6) is -0.271. The maximum atomic E-state index is 14.1. The number of fused-ring (bicyclic) bond motifs is 1. The van der Waals surface area contributed by atoms with E-state index in [1.807, 2.05) is 6.92 Å². The lowest BCUT2D eigenvalue weighted by Gasteiger charge is -2.05. The van der Waals surface area contributed by atoms with Crippen LogP contribution in [0.3, 0.4) is 0 Å². The van der Waals surface area contributed by atoms with Gasteiger partial charge in [0, 0.05) is 0 Å². The molecule has 21 heavy (non-hydrogen) atoms. The van der Waals surface area contributed by atoms with E-state index in [9.17, 15) is 8.78 Å². The predicted molar refractivity (Wildman–Crippen MR) is 74.3 cm³/mol. The molecule has 0 aliphatic heterocycles. The van der Waals surface area contributed by atoms with Gasteiger partial charge in [0.25, 0.3) is 0 Å². The minimum absolute atomic E-state index is 0.0687. The Hall–Kier alpha value is -1.95. The molecule has 4 nitrogen and oxygen atoms in total. The van der Waals surface area contributed by atoms with E-state index >= 15 is 0 Å². The van der Waals surface area contributed by atoms with Gasteiger partial charge < -0.3 is 8.98 Å². The Kier molecular flexibility index (Phi) is 3.41. The Morgan fingerprint density at radius 1 is 1.24 bits per heavy atom. The van der Waals surface area contributed by atoms with Gasteiger partial charge >= 0.3 is 0 Å². The van der Waals surface area contributed by atoms with Gasteiger partial charge in [-0.05, 0) is 26.0 Å². The summed E-state index contributed by atoms with van der Waals surface area (Å²) in [5.41, 5.74) is 1.18. The average molecular weight is 312 g/mol. The number of nitrogens with zero attached hydrogens (tertiary/aromatic N) is 3. The van der Waals surface area contributed by atoms with Gasteiger partial charge in [-0.25, -0.2) is 18.7 Å². The van der Waals surface area contributed by atoms with Crippen LogP contribution in [0, 0.1) is 25.5 Å². The summed E-state index contributed by atoms with van der Waals surface area (Å²) in [4.78, 5) is 8.46. The minimum atomic E-state index is -0.948. The largest absolute Gasteiger partial charge is 0.444 e.